The van der Waals surface area contributed by atoms with Gasteiger partial charge in [0.2, 0.25) is 10.0 Å². The molecule has 2 aliphatic rings. The van der Waals surface area contributed by atoms with Gasteiger partial charge < -0.3 is 5.32 Å². The second-order valence-electron chi connectivity index (χ2n) is 5.53. The number of rotatable bonds is 2. The lowest BCUT2D eigenvalue weighted by Crippen LogP contribution is -2.35. The molecule has 1 aromatic carbocycles. The third kappa shape index (κ3) is 2.37. The molecule has 1 N–H and O–H groups in total. The number of nitrogens with zero attached hydrogens (tertiary/aromatic N) is 1. The highest BCUT2D eigenvalue weighted by molar-refractivity contribution is 7.89. The molecule has 3 rings (SSSR count). The zero-order valence-corrected chi connectivity index (χ0v) is 12.0. The standard InChI is InChI=1S/C14H20N2O2S/c1-11-9-12-10-13(5-6-14(12)15-11)19(17,18)16-7-3-2-4-8-16/h5-6,10-11,15H,2-4,7-9H2,1H3/t11-/m0/s1. The molecule has 1 fully saturated rings. The molecule has 5 heteroatoms. The van der Waals surface area contributed by atoms with Gasteiger partial charge in [-0.3, -0.25) is 0 Å². The number of nitrogens with one attached hydrogen (secondary N) is 1. The first-order valence-electron chi connectivity index (χ1n) is 6.97. The fraction of sp³-hybridized carbons (Fsp3) is 0.571. The van der Waals surface area contributed by atoms with Gasteiger partial charge in [-0.25, -0.2) is 8.42 Å². The molecule has 19 heavy (non-hydrogen) atoms. The first-order valence-corrected chi connectivity index (χ1v) is 8.41. The van der Waals surface area contributed by atoms with E-state index in [0.29, 0.717) is 24.0 Å². The molecule has 0 unspecified atom stereocenters. The van der Waals surface area contributed by atoms with E-state index in [1.165, 1.54) is 0 Å². The molecule has 0 spiro atoms. The predicted octanol–water partition coefficient (Wildman–Crippen LogP) is 2.22. The van der Waals surface area contributed by atoms with E-state index in [1.54, 1.807) is 10.4 Å². The quantitative estimate of drug-likeness (QED) is 0.903. The van der Waals surface area contributed by atoms with Crippen LogP contribution in [0.4, 0.5) is 5.69 Å². The molecule has 0 aliphatic carbocycles. The highest BCUT2D eigenvalue weighted by atomic mass is 32.2. The van der Waals surface area contributed by atoms with Gasteiger partial charge in [-0.05, 0) is 49.9 Å². The maximum atomic E-state index is 12.6. The third-order valence-electron chi connectivity index (χ3n) is 3.96. The molecule has 0 saturated carbocycles. The van der Waals surface area contributed by atoms with Gasteiger partial charge in [-0.1, -0.05) is 6.42 Å². The zero-order chi connectivity index (χ0) is 13.5. The van der Waals surface area contributed by atoms with Gasteiger partial charge in [0.05, 0.1) is 4.90 Å². The lowest BCUT2D eigenvalue weighted by atomic mass is 10.1. The first-order chi connectivity index (χ1) is 9.07. The van der Waals surface area contributed by atoms with Crippen molar-refractivity contribution in [2.24, 2.45) is 0 Å². The summed E-state index contributed by atoms with van der Waals surface area (Å²) < 4.78 is 26.8. The van der Waals surface area contributed by atoms with Gasteiger partial charge >= 0.3 is 0 Å². The van der Waals surface area contributed by atoms with Gasteiger partial charge in [-0.15, -0.1) is 0 Å². The number of fused-ring (bicyclic) bond motifs is 1. The lowest BCUT2D eigenvalue weighted by molar-refractivity contribution is 0.346. The van der Waals surface area contributed by atoms with E-state index in [9.17, 15) is 8.42 Å². The van der Waals surface area contributed by atoms with Crippen molar-refractivity contribution in [1.82, 2.24) is 4.31 Å². The largest absolute Gasteiger partial charge is 0.382 e. The van der Waals surface area contributed by atoms with Crippen LogP contribution in [0, 0.1) is 0 Å². The van der Waals surface area contributed by atoms with Crippen LogP contribution >= 0.6 is 0 Å². The number of sulfonamides is 1. The van der Waals surface area contributed by atoms with E-state index in [0.717, 1.165) is 36.9 Å². The molecule has 104 valence electrons. The smallest absolute Gasteiger partial charge is 0.243 e. The van der Waals surface area contributed by atoms with Gasteiger partial charge in [0.15, 0.2) is 0 Å². The molecule has 0 aromatic heterocycles. The minimum absolute atomic E-state index is 0.392. The molecule has 0 bridgehead atoms. The minimum Gasteiger partial charge on any atom is -0.382 e. The van der Waals surface area contributed by atoms with Crippen LogP contribution in [0.15, 0.2) is 23.1 Å². The second-order valence-corrected chi connectivity index (χ2v) is 7.47. The van der Waals surface area contributed by atoms with Crippen LogP contribution in [0.1, 0.15) is 31.7 Å². The van der Waals surface area contributed by atoms with Crippen molar-refractivity contribution in [2.75, 3.05) is 18.4 Å². The van der Waals surface area contributed by atoms with Crippen molar-refractivity contribution in [3.05, 3.63) is 23.8 Å². The molecular formula is C14H20N2O2S. The van der Waals surface area contributed by atoms with Crippen molar-refractivity contribution in [1.29, 1.82) is 0 Å². The van der Waals surface area contributed by atoms with Crippen molar-refractivity contribution in [3.8, 4) is 0 Å². The van der Waals surface area contributed by atoms with E-state index in [2.05, 4.69) is 12.2 Å². The fourth-order valence-electron chi connectivity index (χ4n) is 2.94. The Bertz CT molecular complexity index is 577. The van der Waals surface area contributed by atoms with Gasteiger partial charge in [-0.2, -0.15) is 4.31 Å². The molecule has 0 amide bonds. The van der Waals surface area contributed by atoms with Crippen LogP contribution in [-0.2, 0) is 16.4 Å². The summed E-state index contributed by atoms with van der Waals surface area (Å²) in [6.07, 6.45) is 3.99. The Kier molecular flexibility index (Phi) is 3.27. The molecular weight excluding hydrogens is 260 g/mol. The van der Waals surface area contributed by atoms with Crippen LogP contribution in [0.25, 0.3) is 0 Å². The number of hydrogen-bond donors (Lipinski definition) is 1. The van der Waals surface area contributed by atoms with Crippen molar-refractivity contribution in [2.45, 2.75) is 43.5 Å². The molecule has 4 nitrogen and oxygen atoms in total. The monoisotopic (exact) mass is 280 g/mol. The average Bonchev–Trinajstić information content (AvgIpc) is 2.78. The summed E-state index contributed by atoms with van der Waals surface area (Å²) in [5.74, 6) is 0. The summed E-state index contributed by atoms with van der Waals surface area (Å²) in [4.78, 5) is 0.448. The normalized spacial score (nSPS) is 23.9. The highest BCUT2D eigenvalue weighted by Crippen LogP contribution is 2.29. The molecule has 0 radical (unpaired) electrons. The number of hydrogen-bond acceptors (Lipinski definition) is 3. The SMILES string of the molecule is C[C@H]1Cc2cc(S(=O)(=O)N3CCCCC3)ccc2N1. The fourth-order valence-corrected chi connectivity index (χ4v) is 4.51. The van der Waals surface area contributed by atoms with E-state index in [-0.39, 0.29) is 0 Å². The molecule has 2 heterocycles. The van der Waals surface area contributed by atoms with Gasteiger partial charge in [0, 0.05) is 24.8 Å². The first kappa shape index (κ1) is 12.9. The average molecular weight is 280 g/mol. The van der Waals surface area contributed by atoms with Crippen molar-refractivity contribution >= 4 is 15.7 Å². The van der Waals surface area contributed by atoms with Crippen LogP contribution in [0.2, 0.25) is 0 Å². The summed E-state index contributed by atoms with van der Waals surface area (Å²) in [5.41, 5.74) is 2.19. The topological polar surface area (TPSA) is 49.4 Å². The zero-order valence-electron chi connectivity index (χ0n) is 11.2. The van der Waals surface area contributed by atoms with Crippen molar-refractivity contribution in [3.63, 3.8) is 0 Å². The molecule has 1 atom stereocenters. The summed E-state index contributed by atoms with van der Waals surface area (Å²) in [6, 6.07) is 5.86. The van der Waals surface area contributed by atoms with E-state index in [4.69, 9.17) is 0 Å². The Morgan fingerprint density at radius 3 is 2.68 bits per heavy atom. The maximum absolute atomic E-state index is 12.6. The Labute approximate surface area is 114 Å². The highest BCUT2D eigenvalue weighted by Gasteiger charge is 2.27. The Morgan fingerprint density at radius 1 is 1.21 bits per heavy atom. The molecule has 1 aromatic rings. The van der Waals surface area contributed by atoms with Crippen molar-refractivity contribution < 1.29 is 8.42 Å². The summed E-state index contributed by atoms with van der Waals surface area (Å²) >= 11 is 0. The summed E-state index contributed by atoms with van der Waals surface area (Å²) in [5, 5.41) is 3.35. The van der Waals surface area contributed by atoms with E-state index >= 15 is 0 Å². The van der Waals surface area contributed by atoms with Gasteiger partial charge in [0.1, 0.15) is 0 Å². The summed E-state index contributed by atoms with van der Waals surface area (Å²) in [6.45, 7) is 3.43. The van der Waals surface area contributed by atoms with Crippen LogP contribution < -0.4 is 5.32 Å². The van der Waals surface area contributed by atoms with Crippen LogP contribution in [0.5, 0.6) is 0 Å². The van der Waals surface area contributed by atoms with Gasteiger partial charge in [0.25, 0.3) is 0 Å². The second kappa shape index (κ2) is 4.80. The summed E-state index contributed by atoms with van der Waals surface area (Å²) in [7, 11) is -3.30. The Morgan fingerprint density at radius 2 is 1.95 bits per heavy atom. The maximum Gasteiger partial charge on any atom is 0.243 e. The Balaban J connectivity index is 1.91. The number of benzene rings is 1. The molecule has 1 saturated heterocycles. The Hall–Kier alpha value is -1.07. The molecule has 2 aliphatic heterocycles. The van der Waals surface area contributed by atoms with Crippen LogP contribution in [0.3, 0.4) is 0 Å². The number of anilines is 1. The van der Waals surface area contributed by atoms with Crippen LogP contribution in [-0.4, -0.2) is 31.9 Å². The third-order valence-corrected chi connectivity index (χ3v) is 5.85. The van der Waals surface area contributed by atoms with E-state index in [1.807, 2.05) is 12.1 Å². The predicted molar refractivity (Wildman–Crippen MR) is 75.8 cm³/mol. The lowest BCUT2D eigenvalue weighted by Gasteiger charge is -2.26. The minimum atomic E-state index is -3.30. The van der Waals surface area contributed by atoms with E-state index < -0.39 is 10.0 Å². The number of piperidine rings is 1.